The molecule has 158 valence electrons. The highest BCUT2D eigenvalue weighted by atomic mass is 32.1. The molecule has 1 aliphatic rings. The maximum atomic E-state index is 11.4. The lowest BCUT2D eigenvalue weighted by molar-refractivity contribution is 0.177. The Balaban J connectivity index is 2.11. The topological polar surface area (TPSA) is 82.5 Å². The van der Waals surface area contributed by atoms with E-state index in [-0.39, 0.29) is 10.8 Å². The first-order valence-electron chi connectivity index (χ1n) is 10.2. The maximum absolute atomic E-state index is 11.4. The molecular weight excluding hydrogens is 384 g/mol. The summed E-state index contributed by atoms with van der Waals surface area (Å²) in [7, 11) is 0. The normalized spacial score (nSPS) is 16.8. The molecule has 0 radical (unpaired) electrons. The molecule has 0 spiro atoms. The van der Waals surface area contributed by atoms with E-state index >= 15 is 0 Å². The van der Waals surface area contributed by atoms with Crippen molar-refractivity contribution < 1.29 is 15.0 Å². The number of aromatic nitrogens is 1. The SMILES string of the molecule is CC(C)(C)c1cc(-c2csc(C3(NC(=O)O)CCCC3)n2)cc(C(C)(C)C)c1O. The van der Waals surface area contributed by atoms with Gasteiger partial charge in [-0.1, -0.05) is 54.4 Å². The van der Waals surface area contributed by atoms with Crippen LogP contribution in [0.4, 0.5) is 4.79 Å². The molecule has 1 aromatic carbocycles. The van der Waals surface area contributed by atoms with Gasteiger partial charge in [-0.15, -0.1) is 11.3 Å². The highest BCUT2D eigenvalue weighted by Gasteiger charge is 2.40. The summed E-state index contributed by atoms with van der Waals surface area (Å²) in [5, 5.41) is 25.9. The van der Waals surface area contributed by atoms with E-state index in [2.05, 4.69) is 46.9 Å². The van der Waals surface area contributed by atoms with Crippen LogP contribution in [0.15, 0.2) is 17.5 Å². The molecule has 1 fully saturated rings. The second kappa shape index (κ2) is 7.31. The molecule has 0 unspecified atom stereocenters. The fraction of sp³-hybridized carbons (Fsp3) is 0.565. The van der Waals surface area contributed by atoms with Gasteiger partial charge in [0.1, 0.15) is 10.8 Å². The van der Waals surface area contributed by atoms with E-state index in [0.29, 0.717) is 5.75 Å². The molecule has 3 rings (SSSR count). The number of aromatic hydroxyl groups is 1. The number of carboxylic acid groups (broad SMARTS) is 1. The third-order valence-corrected chi connectivity index (χ3v) is 6.78. The van der Waals surface area contributed by atoms with Gasteiger partial charge in [-0.05, 0) is 35.8 Å². The summed E-state index contributed by atoms with van der Waals surface area (Å²) in [5.41, 5.74) is 2.59. The number of amides is 1. The smallest absolute Gasteiger partial charge is 0.405 e. The predicted octanol–water partition coefficient (Wildman–Crippen LogP) is 6.15. The number of rotatable bonds is 3. The molecule has 1 saturated carbocycles. The van der Waals surface area contributed by atoms with Crippen LogP contribution >= 0.6 is 11.3 Å². The first kappa shape index (κ1) is 21.6. The summed E-state index contributed by atoms with van der Waals surface area (Å²) in [4.78, 5) is 16.3. The number of carbonyl (C=O) groups is 1. The first-order chi connectivity index (χ1) is 13.3. The molecule has 2 aromatic rings. The standard InChI is InChI=1S/C23H32N2O3S/c1-21(2,3)15-11-14(12-16(18(15)26)22(4,5)6)17-13-29-19(24-17)23(25-20(27)28)9-7-8-10-23/h11-13,25-26H,7-10H2,1-6H3,(H,27,28). The van der Waals surface area contributed by atoms with Crippen molar-refractivity contribution in [3.63, 3.8) is 0 Å². The van der Waals surface area contributed by atoms with Crippen molar-refractivity contribution in [1.29, 1.82) is 0 Å². The Bertz CT molecular complexity index is 878. The number of hydrogen-bond donors (Lipinski definition) is 3. The van der Waals surface area contributed by atoms with Gasteiger partial charge in [-0.2, -0.15) is 0 Å². The third kappa shape index (κ3) is 4.27. The molecule has 0 aliphatic heterocycles. The largest absolute Gasteiger partial charge is 0.507 e. The Hall–Kier alpha value is -2.08. The summed E-state index contributed by atoms with van der Waals surface area (Å²) in [6.45, 7) is 12.6. The quantitative estimate of drug-likeness (QED) is 0.560. The number of nitrogens with one attached hydrogen (secondary N) is 1. The molecule has 1 aliphatic carbocycles. The van der Waals surface area contributed by atoms with E-state index < -0.39 is 11.6 Å². The lowest BCUT2D eigenvalue weighted by Crippen LogP contribution is -2.43. The Morgan fingerprint density at radius 3 is 2.03 bits per heavy atom. The summed E-state index contributed by atoms with van der Waals surface area (Å²) in [6, 6.07) is 4.05. The Morgan fingerprint density at radius 2 is 1.59 bits per heavy atom. The summed E-state index contributed by atoms with van der Waals surface area (Å²) in [6.07, 6.45) is 2.55. The molecular formula is C23H32N2O3S. The third-order valence-electron chi connectivity index (χ3n) is 5.74. The second-order valence-corrected chi connectivity index (χ2v) is 11.0. The predicted molar refractivity (Wildman–Crippen MR) is 118 cm³/mol. The van der Waals surface area contributed by atoms with Gasteiger partial charge >= 0.3 is 6.09 Å². The summed E-state index contributed by atoms with van der Waals surface area (Å²) in [5.74, 6) is 0.351. The number of phenolic OH excluding ortho intramolecular Hbond substituents is 1. The van der Waals surface area contributed by atoms with Crippen molar-refractivity contribution in [2.24, 2.45) is 0 Å². The van der Waals surface area contributed by atoms with Crippen LogP contribution in [0.3, 0.4) is 0 Å². The fourth-order valence-electron chi connectivity index (χ4n) is 4.13. The maximum Gasteiger partial charge on any atom is 0.405 e. The van der Waals surface area contributed by atoms with E-state index in [1.807, 2.05) is 17.5 Å². The molecule has 1 amide bonds. The fourth-order valence-corrected chi connectivity index (χ4v) is 5.17. The number of benzene rings is 1. The minimum Gasteiger partial charge on any atom is -0.507 e. The monoisotopic (exact) mass is 416 g/mol. The molecule has 0 bridgehead atoms. The minimum absolute atomic E-state index is 0.212. The van der Waals surface area contributed by atoms with Gasteiger partial charge in [0.05, 0.1) is 11.2 Å². The van der Waals surface area contributed by atoms with Crippen molar-refractivity contribution in [3.05, 3.63) is 33.6 Å². The van der Waals surface area contributed by atoms with Gasteiger partial charge in [0.25, 0.3) is 0 Å². The van der Waals surface area contributed by atoms with Gasteiger partial charge in [-0.25, -0.2) is 9.78 Å². The van der Waals surface area contributed by atoms with Crippen LogP contribution in [0.1, 0.15) is 83.4 Å². The van der Waals surface area contributed by atoms with E-state index in [1.54, 1.807) is 0 Å². The van der Waals surface area contributed by atoms with Crippen LogP contribution in [0, 0.1) is 0 Å². The molecule has 1 aromatic heterocycles. The average molecular weight is 417 g/mol. The highest BCUT2D eigenvalue weighted by molar-refractivity contribution is 7.10. The van der Waals surface area contributed by atoms with E-state index in [9.17, 15) is 15.0 Å². The minimum atomic E-state index is -1.00. The lowest BCUT2D eigenvalue weighted by atomic mass is 9.78. The zero-order valence-electron chi connectivity index (χ0n) is 18.2. The van der Waals surface area contributed by atoms with Crippen molar-refractivity contribution in [1.82, 2.24) is 10.3 Å². The van der Waals surface area contributed by atoms with Crippen LogP contribution in [-0.2, 0) is 16.4 Å². The van der Waals surface area contributed by atoms with Crippen LogP contribution in [0.25, 0.3) is 11.3 Å². The number of hydrogen-bond acceptors (Lipinski definition) is 4. The number of thiazole rings is 1. The highest BCUT2D eigenvalue weighted by Crippen LogP contribution is 2.44. The van der Waals surface area contributed by atoms with Gasteiger partial charge in [0.15, 0.2) is 0 Å². The molecule has 0 saturated heterocycles. The van der Waals surface area contributed by atoms with E-state index in [0.717, 1.165) is 53.1 Å². The van der Waals surface area contributed by atoms with Crippen LogP contribution < -0.4 is 5.32 Å². The molecule has 1 heterocycles. The number of nitrogens with zero attached hydrogens (tertiary/aromatic N) is 1. The lowest BCUT2D eigenvalue weighted by Gasteiger charge is -2.28. The first-order valence-corrected chi connectivity index (χ1v) is 11.1. The van der Waals surface area contributed by atoms with Crippen LogP contribution in [-0.4, -0.2) is 21.3 Å². The van der Waals surface area contributed by atoms with Crippen molar-refractivity contribution >= 4 is 17.4 Å². The second-order valence-electron chi connectivity index (χ2n) is 10.2. The molecule has 6 heteroatoms. The summed E-state index contributed by atoms with van der Waals surface area (Å²) >= 11 is 1.51. The zero-order chi connectivity index (χ0) is 21.6. The van der Waals surface area contributed by atoms with Crippen molar-refractivity contribution in [2.45, 2.75) is 83.6 Å². The van der Waals surface area contributed by atoms with Gasteiger partial charge in [-0.3, -0.25) is 0 Å². The van der Waals surface area contributed by atoms with Crippen LogP contribution in [0.2, 0.25) is 0 Å². The molecule has 0 atom stereocenters. The van der Waals surface area contributed by atoms with E-state index in [1.165, 1.54) is 11.3 Å². The van der Waals surface area contributed by atoms with Crippen molar-refractivity contribution in [2.75, 3.05) is 0 Å². The van der Waals surface area contributed by atoms with Gasteiger partial charge < -0.3 is 15.5 Å². The van der Waals surface area contributed by atoms with Crippen LogP contribution in [0.5, 0.6) is 5.75 Å². The summed E-state index contributed by atoms with van der Waals surface area (Å²) < 4.78 is 0. The molecule has 5 nitrogen and oxygen atoms in total. The Morgan fingerprint density at radius 1 is 1.07 bits per heavy atom. The molecule has 3 N–H and O–H groups in total. The van der Waals surface area contributed by atoms with Crippen molar-refractivity contribution in [3.8, 4) is 17.0 Å². The zero-order valence-corrected chi connectivity index (χ0v) is 19.0. The van der Waals surface area contributed by atoms with Gasteiger partial charge in [0.2, 0.25) is 0 Å². The molecule has 29 heavy (non-hydrogen) atoms. The Labute approximate surface area is 177 Å². The average Bonchev–Trinajstić information content (AvgIpc) is 3.22. The van der Waals surface area contributed by atoms with E-state index in [4.69, 9.17) is 4.98 Å². The number of phenols is 1. The Kier molecular flexibility index (Phi) is 5.45. The van der Waals surface area contributed by atoms with Gasteiger partial charge in [0, 0.05) is 22.1 Å².